The first-order valence-electron chi connectivity index (χ1n) is 9.67. The fraction of sp³-hybridized carbons (Fsp3) is 0.476. The molecule has 3 rings (SSSR count). The van der Waals surface area contributed by atoms with Gasteiger partial charge in [-0.3, -0.25) is 4.79 Å². The monoisotopic (exact) mass is 352 g/mol. The van der Waals surface area contributed by atoms with Gasteiger partial charge in [0, 0.05) is 30.8 Å². The number of anilines is 1. The number of carbonyl (C=O) groups is 1. The summed E-state index contributed by atoms with van der Waals surface area (Å²) in [5.41, 5.74) is 1.38. The highest BCUT2D eigenvalue weighted by Gasteiger charge is 2.18. The van der Waals surface area contributed by atoms with Crippen LogP contribution in [0.2, 0.25) is 0 Å². The summed E-state index contributed by atoms with van der Waals surface area (Å²) >= 11 is 0. The van der Waals surface area contributed by atoms with Crippen LogP contribution in [0.15, 0.2) is 36.4 Å². The lowest BCUT2D eigenvalue weighted by molar-refractivity contribution is 0.0934. The maximum atomic E-state index is 12.7. The largest absolute Gasteiger partial charge is 0.356 e. The molecular formula is C21H28N4O. The first kappa shape index (κ1) is 18.4. The Balaban J connectivity index is 1.97. The van der Waals surface area contributed by atoms with E-state index in [1.807, 2.05) is 43.3 Å². The number of benzene rings is 1. The zero-order valence-corrected chi connectivity index (χ0v) is 15.7. The summed E-state index contributed by atoms with van der Waals surface area (Å²) < 4.78 is 0. The van der Waals surface area contributed by atoms with Crippen molar-refractivity contribution in [2.45, 2.75) is 52.0 Å². The van der Waals surface area contributed by atoms with Crippen LogP contribution in [0.5, 0.6) is 0 Å². The van der Waals surface area contributed by atoms with Gasteiger partial charge in [0.05, 0.1) is 0 Å². The molecule has 2 aromatic rings. The van der Waals surface area contributed by atoms with Crippen LogP contribution in [-0.4, -0.2) is 35.0 Å². The number of aromatic nitrogens is 2. The van der Waals surface area contributed by atoms with E-state index in [4.69, 9.17) is 4.98 Å². The molecule has 1 aromatic carbocycles. The van der Waals surface area contributed by atoms with Gasteiger partial charge < -0.3 is 10.2 Å². The van der Waals surface area contributed by atoms with Crippen molar-refractivity contribution in [3.8, 4) is 11.4 Å². The molecule has 1 amide bonds. The minimum Gasteiger partial charge on any atom is -0.356 e. The molecule has 1 atom stereocenters. The smallest absolute Gasteiger partial charge is 0.270 e. The summed E-state index contributed by atoms with van der Waals surface area (Å²) in [4.78, 5) is 24.3. The van der Waals surface area contributed by atoms with Crippen molar-refractivity contribution >= 4 is 11.7 Å². The van der Waals surface area contributed by atoms with Gasteiger partial charge in [-0.1, -0.05) is 50.1 Å². The molecule has 26 heavy (non-hydrogen) atoms. The molecule has 1 aliphatic rings. The van der Waals surface area contributed by atoms with Gasteiger partial charge in [-0.05, 0) is 26.2 Å². The highest BCUT2D eigenvalue weighted by atomic mass is 16.1. The topological polar surface area (TPSA) is 58.1 Å². The fourth-order valence-electron chi connectivity index (χ4n) is 3.13. The van der Waals surface area contributed by atoms with E-state index in [0.29, 0.717) is 11.5 Å². The van der Waals surface area contributed by atoms with Crippen molar-refractivity contribution in [2.24, 2.45) is 0 Å². The summed E-state index contributed by atoms with van der Waals surface area (Å²) in [7, 11) is 0. The molecule has 1 aliphatic heterocycles. The second-order valence-corrected chi connectivity index (χ2v) is 6.99. The fourth-order valence-corrected chi connectivity index (χ4v) is 3.13. The van der Waals surface area contributed by atoms with Crippen molar-refractivity contribution in [3.05, 3.63) is 42.1 Å². The van der Waals surface area contributed by atoms with Gasteiger partial charge in [-0.25, -0.2) is 9.97 Å². The van der Waals surface area contributed by atoms with Crippen LogP contribution in [0.3, 0.4) is 0 Å². The number of amides is 1. The third kappa shape index (κ3) is 4.59. The van der Waals surface area contributed by atoms with E-state index in [1.165, 1.54) is 25.7 Å². The standard InChI is InChI=1S/C21H28N4O/c1-3-16(2)22-21(26)18-15-19(25-13-9-4-5-10-14-25)24-20(23-18)17-11-7-6-8-12-17/h6-8,11-12,15-16H,3-5,9-10,13-14H2,1-2H3,(H,22,26). The highest BCUT2D eigenvalue weighted by molar-refractivity contribution is 5.93. The Bertz CT molecular complexity index is 724. The molecular weight excluding hydrogens is 324 g/mol. The molecule has 5 heteroatoms. The second kappa shape index (κ2) is 8.79. The molecule has 0 saturated carbocycles. The number of rotatable bonds is 5. The average Bonchev–Trinajstić information content (AvgIpc) is 2.97. The Morgan fingerprint density at radius 2 is 1.81 bits per heavy atom. The lowest BCUT2D eigenvalue weighted by Crippen LogP contribution is -2.33. The van der Waals surface area contributed by atoms with Crippen LogP contribution in [0, 0.1) is 0 Å². The lowest BCUT2D eigenvalue weighted by Gasteiger charge is -2.22. The predicted octanol–water partition coefficient (Wildman–Crippen LogP) is 4.05. The molecule has 138 valence electrons. The van der Waals surface area contributed by atoms with Gasteiger partial charge in [0.15, 0.2) is 5.82 Å². The number of hydrogen-bond donors (Lipinski definition) is 1. The summed E-state index contributed by atoms with van der Waals surface area (Å²) in [6.45, 7) is 6.03. The van der Waals surface area contributed by atoms with E-state index in [2.05, 4.69) is 22.1 Å². The zero-order valence-electron chi connectivity index (χ0n) is 15.7. The van der Waals surface area contributed by atoms with Gasteiger partial charge in [0.1, 0.15) is 11.5 Å². The summed E-state index contributed by atoms with van der Waals surface area (Å²) in [5.74, 6) is 1.34. The highest BCUT2D eigenvalue weighted by Crippen LogP contribution is 2.23. The van der Waals surface area contributed by atoms with E-state index in [-0.39, 0.29) is 11.9 Å². The van der Waals surface area contributed by atoms with E-state index >= 15 is 0 Å². The Morgan fingerprint density at radius 1 is 1.12 bits per heavy atom. The van der Waals surface area contributed by atoms with Crippen molar-refractivity contribution in [3.63, 3.8) is 0 Å². The molecule has 0 aliphatic carbocycles. The van der Waals surface area contributed by atoms with E-state index in [0.717, 1.165) is 30.9 Å². The van der Waals surface area contributed by atoms with E-state index in [9.17, 15) is 4.79 Å². The van der Waals surface area contributed by atoms with Gasteiger partial charge >= 0.3 is 0 Å². The Morgan fingerprint density at radius 3 is 2.46 bits per heavy atom. The molecule has 1 saturated heterocycles. The van der Waals surface area contributed by atoms with Crippen LogP contribution in [-0.2, 0) is 0 Å². The van der Waals surface area contributed by atoms with Crippen LogP contribution < -0.4 is 10.2 Å². The Kier molecular flexibility index (Phi) is 6.21. The summed E-state index contributed by atoms with van der Waals surface area (Å²) in [6.07, 6.45) is 5.74. The van der Waals surface area contributed by atoms with Crippen molar-refractivity contribution in [1.82, 2.24) is 15.3 Å². The van der Waals surface area contributed by atoms with Crippen molar-refractivity contribution in [1.29, 1.82) is 0 Å². The van der Waals surface area contributed by atoms with Gasteiger partial charge in [-0.2, -0.15) is 0 Å². The zero-order chi connectivity index (χ0) is 18.4. The summed E-state index contributed by atoms with van der Waals surface area (Å²) in [5, 5.41) is 3.02. The van der Waals surface area contributed by atoms with E-state index in [1.54, 1.807) is 0 Å². The van der Waals surface area contributed by atoms with Gasteiger partial charge in [-0.15, -0.1) is 0 Å². The second-order valence-electron chi connectivity index (χ2n) is 6.99. The van der Waals surface area contributed by atoms with Crippen molar-refractivity contribution in [2.75, 3.05) is 18.0 Å². The SMILES string of the molecule is CCC(C)NC(=O)c1cc(N2CCCCCC2)nc(-c2ccccc2)n1. The van der Waals surface area contributed by atoms with Crippen LogP contribution in [0.25, 0.3) is 11.4 Å². The normalized spacial score (nSPS) is 16.0. The lowest BCUT2D eigenvalue weighted by atomic mass is 10.2. The first-order valence-corrected chi connectivity index (χ1v) is 9.67. The Hall–Kier alpha value is -2.43. The molecule has 0 radical (unpaired) electrons. The van der Waals surface area contributed by atoms with Crippen molar-refractivity contribution < 1.29 is 4.79 Å². The molecule has 1 unspecified atom stereocenters. The molecule has 5 nitrogen and oxygen atoms in total. The van der Waals surface area contributed by atoms with Crippen LogP contribution in [0.1, 0.15) is 56.4 Å². The molecule has 1 aromatic heterocycles. The quantitative estimate of drug-likeness (QED) is 0.882. The molecule has 0 bridgehead atoms. The molecule has 0 spiro atoms. The maximum absolute atomic E-state index is 12.7. The minimum absolute atomic E-state index is 0.124. The van der Waals surface area contributed by atoms with Crippen LogP contribution in [0.4, 0.5) is 5.82 Å². The maximum Gasteiger partial charge on any atom is 0.270 e. The molecule has 1 N–H and O–H groups in total. The number of carbonyl (C=O) groups excluding carboxylic acids is 1. The number of nitrogens with one attached hydrogen (secondary N) is 1. The van der Waals surface area contributed by atoms with Gasteiger partial charge in [0.25, 0.3) is 5.91 Å². The number of hydrogen-bond acceptors (Lipinski definition) is 4. The predicted molar refractivity (Wildman–Crippen MR) is 105 cm³/mol. The summed E-state index contributed by atoms with van der Waals surface area (Å²) in [6, 6.07) is 11.8. The Labute approximate surface area is 155 Å². The minimum atomic E-state index is -0.130. The molecule has 1 fully saturated rings. The first-order chi connectivity index (χ1) is 12.7. The third-order valence-corrected chi connectivity index (χ3v) is 4.90. The number of nitrogens with zero attached hydrogens (tertiary/aromatic N) is 3. The van der Waals surface area contributed by atoms with E-state index < -0.39 is 0 Å². The average molecular weight is 352 g/mol. The van der Waals surface area contributed by atoms with Gasteiger partial charge in [0.2, 0.25) is 0 Å². The van der Waals surface area contributed by atoms with Crippen LogP contribution >= 0.6 is 0 Å². The third-order valence-electron chi connectivity index (χ3n) is 4.90. The molecule has 2 heterocycles.